The molecule has 0 radical (unpaired) electrons. The van der Waals surface area contributed by atoms with Crippen LogP contribution >= 0.6 is 0 Å². The minimum atomic E-state index is -0.315. The lowest BCUT2D eigenvalue weighted by Crippen LogP contribution is -2.47. The number of nitrogens with zero attached hydrogens (tertiary/aromatic N) is 3. The third-order valence-corrected chi connectivity index (χ3v) is 4.19. The zero-order valence-electron chi connectivity index (χ0n) is 14.0. The van der Waals surface area contributed by atoms with Gasteiger partial charge in [0.05, 0.1) is 17.6 Å². The molecule has 1 fully saturated rings. The molecule has 2 aromatic rings. The van der Waals surface area contributed by atoms with Crippen LogP contribution in [0.1, 0.15) is 23.1 Å². The Balaban J connectivity index is 1.75. The second kappa shape index (κ2) is 7.00. The van der Waals surface area contributed by atoms with Gasteiger partial charge < -0.3 is 19.5 Å². The van der Waals surface area contributed by atoms with Gasteiger partial charge in [0.1, 0.15) is 12.2 Å². The summed E-state index contributed by atoms with van der Waals surface area (Å²) in [6.45, 7) is 5.38. The van der Waals surface area contributed by atoms with E-state index in [0.717, 1.165) is 37.2 Å². The molecule has 1 aromatic carbocycles. The van der Waals surface area contributed by atoms with E-state index in [4.69, 9.17) is 4.74 Å². The summed E-state index contributed by atoms with van der Waals surface area (Å²) >= 11 is 0. The van der Waals surface area contributed by atoms with Crippen molar-refractivity contribution >= 4 is 22.9 Å². The van der Waals surface area contributed by atoms with Crippen molar-refractivity contribution in [3.63, 3.8) is 0 Å². The van der Waals surface area contributed by atoms with E-state index in [9.17, 15) is 9.59 Å². The Morgan fingerprint density at radius 3 is 2.71 bits per heavy atom. The fourth-order valence-electron chi connectivity index (χ4n) is 2.82. The van der Waals surface area contributed by atoms with Gasteiger partial charge in [-0.05, 0) is 32.2 Å². The first-order chi connectivity index (χ1) is 11.6. The van der Waals surface area contributed by atoms with Gasteiger partial charge in [-0.2, -0.15) is 0 Å². The molecule has 2 heterocycles. The summed E-state index contributed by atoms with van der Waals surface area (Å²) < 4.78 is 4.93. The van der Waals surface area contributed by atoms with Gasteiger partial charge in [-0.15, -0.1) is 0 Å². The van der Waals surface area contributed by atoms with Crippen LogP contribution in [0.5, 0.6) is 0 Å². The number of esters is 1. The highest BCUT2D eigenvalue weighted by molar-refractivity contribution is 5.97. The van der Waals surface area contributed by atoms with E-state index < -0.39 is 0 Å². The van der Waals surface area contributed by atoms with Crippen molar-refractivity contribution in [1.29, 1.82) is 0 Å². The monoisotopic (exact) mass is 330 g/mol. The lowest BCUT2D eigenvalue weighted by Gasteiger charge is -2.32. The Bertz CT molecular complexity index is 747. The van der Waals surface area contributed by atoms with E-state index in [2.05, 4.69) is 21.9 Å². The van der Waals surface area contributed by atoms with Crippen molar-refractivity contribution in [1.82, 2.24) is 19.8 Å². The molecule has 3 rings (SSSR count). The Hall–Kier alpha value is -2.41. The van der Waals surface area contributed by atoms with Gasteiger partial charge in [0, 0.05) is 31.7 Å². The minimum Gasteiger partial charge on any atom is -0.466 e. The van der Waals surface area contributed by atoms with Crippen LogP contribution in [0.25, 0.3) is 11.0 Å². The van der Waals surface area contributed by atoms with Crippen LogP contribution < -0.4 is 0 Å². The number of amides is 1. The molecule has 1 aliphatic rings. The first kappa shape index (κ1) is 16.4. The second-order valence-corrected chi connectivity index (χ2v) is 5.99. The first-order valence-electron chi connectivity index (χ1n) is 8.19. The molecule has 128 valence electrons. The highest BCUT2D eigenvalue weighted by Gasteiger charge is 2.21. The number of piperazine rings is 1. The summed E-state index contributed by atoms with van der Waals surface area (Å²) in [7, 11) is 2.06. The van der Waals surface area contributed by atoms with Crippen LogP contribution in [0.2, 0.25) is 0 Å². The molecule has 1 amide bonds. The van der Waals surface area contributed by atoms with Crippen LogP contribution in [0.3, 0.4) is 0 Å². The Labute approximate surface area is 140 Å². The predicted octanol–water partition coefficient (Wildman–Crippen LogP) is 1.06. The van der Waals surface area contributed by atoms with Gasteiger partial charge in [0.15, 0.2) is 0 Å². The molecule has 7 nitrogen and oxygen atoms in total. The maximum absolute atomic E-state index is 12.6. The quantitative estimate of drug-likeness (QED) is 0.848. The number of H-pyrrole nitrogens is 1. The molecule has 24 heavy (non-hydrogen) atoms. The number of rotatable bonds is 4. The first-order valence-corrected chi connectivity index (χ1v) is 8.19. The third-order valence-electron chi connectivity index (χ3n) is 4.19. The molecule has 1 saturated heterocycles. The van der Waals surface area contributed by atoms with Crippen molar-refractivity contribution in [3.8, 4) is 0 Å². The summed E-state index contributed by atoms with van der Waals surface area (Å²) in [5, 5.41) is 0. The van der Waals surface area contributed by atoms with Crippen molar-refractivity contribution in [3.05, 3.63) is 29.6 Å². The van der Waals surface area contributed by atoms with E-state index in [1.54, 1.807) is 19.1 Å². The van der Waals surface area contributed by atoms with Gasteiger partial charge in [0.2, 0.25) is 0 Å². The smallest absolute Gasteiger partial charge is 0.313 e. The van der Waals surface area contributed by atoms with E-state index in [1.807, 2.05) is 11.0 Å². The Morgan fingerprint density at radius 2 is 2.00 bits per heavy atom. The number of nitrogens with one attached hydrogen (secondary N) is 1. The van der Waals surface area contributed by atoms with E-state index in [-0.39, 0.29) is 18.3 Å². The summed E-state index contributed by atoms with van der Waals surface area (Å²) in [6, 6.07) is 5.40. The Kier molecular flexibility index (Phi) is 4.80. The molecule has 1 aromatic heterocycles. The van der Waals surface area contributed by atoms with Gasteiger partial charge >= 0.3 is 5.97 Å². The number of fused-ring (bicyclic) bond motifs is 1. The molecule has 0 atom stereocenters. The SMILES string of the molecule is CCOC(=O)Cc1nc2ccc(C(=O)N3CCN(C)CC3)cc2[nH]1. The molecule has 1 aliphatic heterocycles. The highest BCUT2D eigenvalue weighted by Crippen LogP contribution is 2.16. The lowest BCUT2D eigenvalue weighted by atomic mass is 10.1. The zero-order chi connectivity index (χ0) is 17.1. The maximum Gasteiger partial charge on any atom is 0.313 e. The number of hydrogen-bond donors (Lipinski definition) is 1. The summed E-state index contributed by atoms with van der Waals surface area (Å²) in [6.07, 6.45) is 0.101. The second-order valence-electron chi connectivity index (χ2n) is 5.99. The number of carbonyl (C=O) groups excluding carboxylic acids is 2. The fraction of sp³-hybridized carbons (Fsp3) is 0.471. The third kappa shape index (κ3) is 3.56. The lowest BCUT2D eigenvalue weighted by molar-refractivity contribution is -0.142. The highest BCUT2D eigenvalue weighted by atomic mass is 16.5. The summed E-state index contributed by atoms with van der Waals surface area (Å²) in [5.41, 5.74) is 2.14. The largest absolute Gasteiger partial charge is 0.466 e. The average Bonchev–Trinajstić information content (AvgIpc) is 2.96. The van der Waals surface area contributed by atoms with Crippen LogP contribution in [0, 0.1) is 0 Å². The molecule has 7 heteroatoms. The van der Waals surface area contributed by atoms with Crippen LogP contribution in [-0.4, -0.2) is 71.5 Å². The van der Waals surface area contributed by atoms with Gasteiger partial charge in [-0.3, -0.25) is 9.59 Å². The standard InChI is InChI=1S/C17H22N4O3/c1-3-24-16(22)11-15-18-13-5-4-12(10-14(13)19-15)17(23)21-8-6-20(2)7-9-21/h4-5,10H,3,6-9,11H2,1-2H3,(H,18,19). The Morgan fingerprint density at radius 1 is 1.25 bits per heavy atom. The number of aromatic nitrogens is 2. The van der Waals surface area contributed by atoms with Crippen LogP contribution in [0.4, 0.5) is 0 Å². The minimum absolute atomic E-state index is 0.0338. The van der Waals surface area contributed by atoms with Crippen molar-refractivity contribution in [2.45, 2.75) is 13.3 Å². The normalized spacial score (nSPS) is 15.7. The molecular weight excluding hydrogens is 308 g/mol. The number of hydrogen-bond acceptors (Lipinski definition) is 5. The molecule has 0 bridgehead atoms. The van der Waals surface area contributed by atoms with E-state index in [1.165, 1.54) is 0 Å². The number of benzene rings is 1. The summed E-state index contributed by atoms with van der Waals surface area (Å²) in [5.74, 6) is 0.268. The fourth-order valence-corrected chi connectivity index (χ4v) is 2.82. The number of imidazole rings is 1. The molecular formula is C17H22N4O3. The van der Waals surface area contributed by atoms with Crippen molar-refractivity contribution < 1.29 is 14.3 Å². The van der Waals surface area contributed by atoms with Gasteiger partial charge in [-0.1, -0.05) is 0 Å². The predicted molar refractivity (Wildman–Crippen MR) is 89.8 cm³/mol. The topological polar surface area (TPSA) is 78.5 Å². The van der Waals surface area contributed by atoms with E-state index in [0.29, 0.717) is 18.0 Å². The average molecular weight is 330 g/mol. The zero-order valence-corrected chi connectivity index (χ0v) is 14.0. The molecule has 0 aliphatic carbocycles. The van der Waals surface area contributed by atoms with Crippen molar-refractivity contribution in [2.75, 3.05) is 39.8 Å². The number of ether oxygens (including phenoxy) is 1. The maximum atomic E-state index is 12.6. The summed E-state index contributed by atoms with van der Waals surface area (Å²) in [4.78, 5) is 35.7. The van der Waals surface area contributed by atoms with Gasteiger partial charge in [-0.25, -0.2) is 4.98 Å². The van der Waals surface area contributed by atoms with Gasteiger partial charge in [0.25, 0.3) is 5.91 Å². The molecule has 0 spiro atoms. The van der Waals surface area contributed by atoms with Crippen LogP contribution in [-0.2, 0) is 16.0 Å². The molecule has 1 N–H and O–H groups in total. The molecule has 0 saturated carbocycles. The van der Waals surface area contributed by atoms with Crippen molar-refractivity contribution in [2.24, 2.45) is 0 Å². The number of likely N-dealkylation sites (N-methyl/N-ethyl adjacent to an activating group) is 1. The number of carbonyl (C=O) groups is 2. The molecule has 0 unspecified atom stereocenters. The number of aromatic amines is 1. The van der Waals surface area contributed by atoms with E-state index >= 15 is 0 Å². The van der Waals surface area contributed by atoms with Crippen LogP contribution in [0.15, 0.2) is 18.2 Å².